The third-order valence-electron chi connectivity index (χ3n) is 2.57. The zero-order valence-electron chi connectivity index (χ0n) is 12.0. The molecule has 0 atom stereocenters. The second-order valence-corrected chi connectivity index (χ2v) is 6.40. The molecule has 0 saturated carbocycles. The van der Waals surface area contributed by atoms with Crippen LogP contribution in [0.15, 0.2) is 5.38 Å². The lowest BCUT2D eigenvalue weighted by molar-refractivity contribution is -0.136. The minimum Gasteiger partial charge on any atom is -0.481 e. The highest BCUT2D eigenvalue weighted by molar-refractivity contribution is 7.09. The van der Waals surface area contributed by atoms with E-state index in [1.807, 2.05) is 5.38 Å². The summed E-state index contributed by atoms with van der Waals surface area (Å²) < 4.78 is 0. The molecule has 0 radical (unpaired) electrons. The van der Waals surface area contributed by atoms with E-state index in [1.54, 1.807) is 11.3 Å². The Morgan fingerprint density at radius 1 is 1.30 bits per heavy atom. The minimum atomic E-state index is -0.928. The van der Waals surface area contributed by atoms with Crippen molar-refractivity contribution in [1.82, 2.24) is 15.6 Å². The number of carboxylic acid groups (broad SMARTS) is 1. The van der Waals surface area contributed by atoms with Crippen molar-refractivity contribution in [2.45, 2.75) is 39.0 Å². The van der Waals surface area contributed by atoms with Gasteiger partial charge in [-0.2, -0.15) is 0 Å². The normalized spacial score (nSPS) is 11.2. The average Bonchev–Trinajstić information content (AvgIpc) is 2.77. The van der Waals surface area contributed by atoms with E-state index in [0.29, 0.717) is 13.0 Å². The fourth-order valence-corrected chi connectivity index (χ4v) is 2.42. The number of rotatable bonds is 6. The van der Waals surface area contributed by atoms with Crippen LogP contribution in [-0.2, 0) is 16.6 Å². The fourth-order valence-electron chi connectivity index (χ4n) is 1.40. The molecule has 0 aliphatic heterocycles. The lowest BCUT2D eigenvalue weighted by Crippen LogP contribution is -2.37. The Kier molecular flexibility index (Phi) is 5.94. The summed E-state index contributed by atoms with van der Waals surface area (Å²) in [5.74, 6) is -0.928. The van der Waals surface area contributed by atoms with Crippen LogP contribution >= 0.6 is 11.3 Å². The summed E-state index contributed by atoms with van der Waals surface area (Å²) in [6, 6.07) is -0.348. The first kappa shape index (κ1) is 16.4. The average molecular weight is 299 g/mol. The van der Waals surface area contributed by atoms with Crippen LogP contribution < -0.4 is 10.6 Å². The van der Waals surface area contributed by atoms with Gasteiger partial charge in [0.15, 0.2) is 0 Å². The number of urea groups is 1. The van der Waals surface area contributed by atoms with Crippen LogP contribution in [0.1, 0.15) is 37.9 Å². The summed E-state index contributed by atoms with van der Waals surface area (Å²) in [6.07, 6.45) is 0.599. The molecule has 6 nitrogen and oxygen atoms in total. The van der Waals surface area contributed by atoms with Gasteiger partial charge in [-0.3, -0.25) is 4.79 Å². The summed E-state index contributed by atoms with van der Waals surface area (Å²) >= 11 is 1.59. The van der Waals surface area contributed by atoms with E-state index < -0.39 is 5.97 Å². The molecule has 0 aromatic carbocycles. The van der Waals surface area contributed by atoms with Crippen LogP contribution in [-0.4, -0.2) is 35.2 Å². The van der Waals surface area contributed by atoms with Crippen LogP contribution in [0.25, 0.3) is 0 Å². The zero-order chi connectivity index (χ0) is 15.2. The van der Waals surface area contributed by atoms with Gasteiger partial charge in [0.05, 0.1) is 17.1 Å². The quantitative estimate of drug-likeness (QED) is 0.746. The first-order chi connectivity index (χ1) is 9.29. The monoisotopic (exact) mass is 299 g/mol. The standard InChI is InChI=1S/C13H21N3O3S/c1-13(2,3)9-8-20-10(16-9)4-6-14-12(19)15-7-5-11(17)18/h8H,4-7H2,1-3H3,(H,17,18)(H2,14,15,19). The van der Waals surface area contributed by atoms with Crippen LogP contribution in [0, 0.1) is 0 Å². The highest BCUT2D eigenvalue weighted by Crippen LogP contribution is 2.23. The van der Waals surface area contributed by atoms with Gasteiger partial charge >= 0.3 is 12.0 Å². The second-order valence-electron chi connectivity index (χ2n) is 5.45. The maximum absolute atomic E-state index is 11.3. The number of carbonyl (C=O) groups is 2. The molecule has 1 heterocycles. The van der Waals surface area contributed by atoms with Gasteiger partial charge in [-0.25, -0.2) is 9.78 Å². The molecule has 0 unspecified atom stereocenters. The van der Waals surface area contributed by atoms with E-state index in [-0.39, 0.29) is 24.4 Å². The van der Waals surface area contributed by atoms with Crippen LogP contribution in [0.2, 0.25) is 0 Å². The van der Waals surface area contributed by atoms with Crippen molar-refractivity contribution < 1.29 is 14.7 Å². The highest BCUT2D eigenvalue weighted by atomic mass is 32.1. The van der Waals surface area contributed by atoms with Crippen molar-refractivity contribution in [2.75, 3.05) is 13.1 Å². The molecule has 0 spiro atoms. The molecule has 0 aliphatic carbocycles. The van der Waals surface area contributed by atoms with E-state index >= 15 is 0 Å². The summed E-state index contributed by atoms with van der Waals surface area (Å²) in [5.41, 5.74) is 1.10. The van der Waals surface area contributed by atoms with Crippen LogP contribution in [0.5, 0.6) is 0 Å². The number of aliphatic carboxylic acids is 1. The largest absolute Gasteiger partial charge is 0.481 e. The SMILES string of the molecule is CC(C)(C)c1csc(CCNC(=O)NCCC(=O)O)n1. The number of nitrogens with zero attached hydrogens (tertiary/aromatic N) is 1. The lowest BCUT2D eigenvalue weighted by atomic mass is 9.93. The van der Waals surface area contributed by atoms with E-state index in [9.17, 15) is 9.59 Å². The van der Waals surface area contributed by atoms with Crippen molar-refractivity contribution >= 4 is 23.3 Å². The van der Waals surface area contributed by atoms with Crippen molar-refractivity contribution in [2.24, 2.45) is 0 Å². The Morgan fingerprint density at radius 3 is 2.50 bits per heavy atom. The van der Waals surface area contributed by atoms with Gasteiger partial charge in [0.1, 0.15) is 0 Å². The number of hydrogen-bond donors (Lipinski definition) is 3. The number of carboxylic acids is 1. The van der Waals surface area contributed by atoms with E-state index in [4.69, 9.17) is 5.11 Å². The summed E-state index contributed by atoms with van der Waals surface area (Å²) in [4.78, 5) is 26.2. The van der Waals surface area contributed by atoms with E-state index in [0.717, 1.165) is 10.7 Å². The number of amides is 2. The lowest BCUT2D eigenvalue weighted by Gasteiger charge is -2.14. The highest BCUT2D eigenvalue weighted by Gasteiger charge is 2.17. The zero-order valence-corrected chi connectivity index (χ0v) is 12.8. The molecule has 0 saturated heterocycles. The van der Waals surface area contributed by atoms with Gasteiger partial charge in [0.25, 0.3) is 0 Å². The molecule has 7 heteroatoms. The minimum absolute atomic E-state index is 0.0381. The Morgan fingerprint density at radius 2 is 1.95 bits per heavy atom. The number of thiazole rings is 1. The van der Waals surface area contributed by atoms with Crippen LogP contribution in [0.4, 0.5) is 4.79 Å². The van der Waals surface area contributed by atoms with Crippen molar-refractivity contribution in [1.29, 1.82) is 0 Å². The Labute approximate surface area is 122 Å². The van der Waals surface area contributed by atoms with Crippen molar-refractivity contribution in [3.05, 3.63) is 16.1 Å². The molecule has 1 rings (SSSR count). The maximum atomic E-state index is 11.3. The van der Waals surface area contributed by atoms with Crippen molar-refractivity contribution in [3.8, 4) is 0 Å². The summed E-state index contributed by atoms with van der Waals surface area (Å²) in [6.45, 7) is 6.95. The molecular formula is C13H21N3O3S. The van der Waals surface area contributed by atoms with Gasteiger partial charge in [0.2, 0.25) is 0 Å². The number of hydrogen-bond acceptors (Lipinski definition) is 4. The summed E-state index contributed by atoms with van der Waals surface area (Å²) in [5, 5.41) is 16.6. The smallest absolute Gasteiger partial charge is 0.314 e. The van der Waals surface area contributed by atoms with Gasteiger partial charge < -0.3 is 15.7 Å². The number of carbonyl (C=O) groups excluding carboxylic acids is 1. The Hall–Kier alpha value is -1.63. The summed E-state index contributed by atoms with van der Waals surface area (Å²) in [7, 11) is 0. The van der Waals surface area contributed by atoms with Gasteiger partial charge in [-0.15, -0.1) is 11.3 Å². The second kappa shape index (κ2) is 7.23. The molecule has 20 heavy (non-hydrogen) atoms. The molecule has 2 amide bonds. The predicted octanol–water partition coefficient (Wildman–Crippen LogP) is 1.76. The maximum Gasteiger partial charge on any atom is 0.314 e. The number of nitrogens with one attached hydrogen (secondary N) is 2. The van der Waals surface area contributed by atoms with Gasteiger partial charge in [-0.05, 0) is 0 Å². The van der Waals surface area contributed by atoms with Crippen molar-refractivity contribution in [3.63, 3.8) is 0 Å². The molecular weight excluding hydrogens is 278 g/mol. The number of aromatic nitrogens is 1. The Balaban J connectivity index is 2.25. The third kappa shape index (κ3) is 6.01. The first-order valence-corrected chi connectivity index (χ1v) is 7.35. The predicted molar refractivity (Wildman–Crippen MR) is 78.2 cm³/mol. The molecule has 0 aliphatic rings. The first-order valence-electron chi connectivity index (χ1n) is 6.47. The molecule has 3 N–H and O–H groups in total. The van der Waals surface area contributed by atoms with Gasteiger partial charge in [0, 0.05) is 30.3 Å². The fraction of sp³-hybridized carbons (Fsp3) is 0.615. The van der Waals surface area contributed by atoms with Crippen LogP contribution in [0.3, 0.4) is 0 Å². The van der Waals surface area contributed by atoms with E-state index in [2.05, 4.69) is 36.4 Å². The molecule has 0 fully saturated rings. The topological polar surface area (TPSA) is 91.3 Å². The molecule has 112 valence electrons. The Bertz CT molecular complexity index is 466. The molecule has 0 bridgehead atoms. The third-order valence-corrected chi connectivity index (χ3v) is 3.48. The van der Waals surface area contributed by atoms with E-state index in [1.165, 1.54) is 0 Å². The molecule has 1 aromatic heterocycles. The molecule has 1 aromatic rings. The van der Waals surface area contributed by atoms with Gasteiger partial charge in [-0.1, -0.05) is 20.8 Å².